The van der Waals surface area contributed by atoms with Crippen LogP contribution >= 0.6 is 12.6 Å². The van der Waals surface area contributed by atoms with Crippen molar-refractivity contribution < 1.29 is 5.11 Å². The normalized spacial score (nSPS) is 34.5. The fourth-order valence-corrected chi connectivity index (χ4v) is 3.59. The van der Waals surface area contributed by atoms with Gasteiger partial charge in [0.25, 0.3) is 0 Å². The van der Waals surface area contributed by atoms with Crippen molar-refractivity contribution >= 4 is 12.6 Å². The van der Waals surface area contributed by atoms with Gasteiger partial charge in [0.05, 0.1) is 6.10 Å². The van der Waals surface area contributed by atoms with Crippen molar-refractivity contribution in [3.63, 3.8) is 0 Å². The Hall–Kier alpha value is 0.270. The van der Waals surface area contributed by atoms with E-state index in [2.05, 4.69) is 17.5 Å². The topological polar surface area (TPSA) is 23.5 Å². The quantitative estimate of drug-likeness (QED) is 0.553. The Morgan fingerprint density at radius 1 is 1.00 bits per heavy atom. The summed E-state index contributed by atoms with van der Waals surface area (Å²) in [4.78, 5) is 2.67. The van der Waals surface area contributed by atoms with Gasteiger partial charge < -0.3 is 5.11 Å². The first kappa shape index (κ1) is 12.7. The first-order valence-corrected chi connectivity index (χ1v) is 7.49. The van der Waals surface area contributed by atoms with Gasteiger partial charge in [0.1, 0.15) is 0 Å². The van der Waals surface area contributed by atoms with Crippen molar-refractivity contribution in [3.8, 4) is 0 Å². The van der Waals surface area contributed by atoms with E-state index in [1.54, 1.807) is 0 Å². The van der Waals surface area contributed by atoms with Gasteiger partial charge in [-0.05, 0) is 50.8 Å². The molecule has 2 fully saturated rings. The van der Waals surface area contributed by atoms with Gasteiger partial charge in [-0.1, -0.05) is 12.8 Å². The van der Waals surface area contributed by atoms with Crippen LogP contribution < -0.4 is 0 Å². The Kier molecular flexibility index (Phi) is 4.98. The highest BCUT2D eigenvalue weighted by Crippen LogP contribution is 2.35. The Morgan fingerprint density at radius 3 is 2.25 bits per heavy atom. The highest BCUT2D eigenvalue weighted by atomic mass is 32.1. The van der Waals surface area contributed by atoms with Gasteiger partial charge in [-0.2, -0.15) is 12.6 Å². The van der Waals surface area contributed by atoms with Crippen LogP contribution in [0.5, 0.6) is 0 Å². The second-order valence-corrected chi connectivity index (χ2v) is 5.83. The predicted molar refractivity (Wildman–Crippen MR) is 71.1 cm³/mol. The lowest BCUT2D eigenvalue weighted by molar-refractivity contribution is 0.0346. The first-order chi connectivity index (χ1) is 7.81. The molecule has 2 heterocycles. The summed E-state index contributed by atoms with van der Waals surface area (Å²) in [6, 6.07) is 1.39. The molecular weight excluding hydrogens is 218 g/mol. The highest BCUT2D eigenvalue weighted by molar-refractivity contribution is 7.80. The Labute approximate surface area is 105 Å². The molecule has 1 N–H and O–H groups in total. The zero-order valence-electron chi connectivity index (χ0n) is 10.1. The lowest BCUT2D eigenvalue weighted by atomic mass is 9.99. The van der Waals surface area contributed by atoms with Crippen LogP contribution in [0, 0.1) is 0 Å². The summed E-state index contributed by atoms with van der Waals surface area (Å²) >= 11 is 4.23. The van der Waals surface area contributed by atoms with E-state index in [1.807, 2.05) is 0 Å². The van der Waals surface area contributed by atoms with Crippen LogP contribution in [0.3, 0.4) is 0 Å². The van der Waals surface area contributed by atoms with Crippen molar-refractivity contribution in [2.24, 2.45) is 0 Å². The summed E-state index contributed by atoms with van der Waals surface area (Å²) in [5.41, 5.74) is 0. The SMILES string of the molecule is OC1CC2CCC(C1)N2CCCCCCS. The van der Waals surface area contributed by atoms with Crippen LogP contribution in [0.1, 0.15) is 51.4 Å². The minimum absolute atomic E-state index is 0.0158. The average Bonchev–Trinajstić information content (AvgIpc) is 2.51. The lowest BCUT2D eigenvalue weighted by Gasteiger charge is -2.37. The number of hydrogen-bond donors (Lipinski definition) is 2. The molecule has 0 amide bonds. The van der Waals surface area contributed by atoms with E-state index in [1.165, 1.54) is 45.1 Å². The highest BCUT2D eigenvalue weighted by Gasteiger charge is 2.39. The minimum Gasteiger partial charge on any atom is -0.393 e. The Morgan fingerprint density at radius 2 is 1.62 bits per heavy atom. The van der Waals surface area contributed by atoms with E-state index in [0.717, 1.165) is 18.6 Å². The van der Waals surface area contributed by atoms with Gasteiger partial charge >= 0.3 is 0 Å². The summed E-state index contributed by atoms with van der Waals surface area (Å²) in [5, 5.41) is 9.71. The molecule has 16 heavy (non-hydrogen) atoms. The molecular formula is C13H25NOS. The third-order valence-electron chi connectivity index (χ3n) is 4.18. The molecule has 0 radical (unpaired) electrons. The monoisotopic (exact) mass is 243 g/mol. The smallest absolute Gasteiger partial charge is 0.0570 e. The minimum atomic E-state index is -0.0158. The van der Waals surface area contributed by atoms with Crippen molar-refractivity contribution in [2.75, 3.05) is 12.3 Å². The molecule has 2 aliphatic rings. The molecule has 94 valence electrons. The molecule has 2 nitrogen and oxygen atoms in total. The number of unbranched alkanes of at least 4 members (excludes halogenated alkanes) is 3. The van der Waals surface area contributed by atoms with Crippen LogP contribution in [-0.2, 0) is 0 Å². The van der Waals surface area contributed by atoms with Gasteiger partial charge in [0.15, 0.2) is 0 Å². The maximum Gasteiger partial charge on any atom is 0.0570 e. The molecule has 2 aliphatic heterocycles. The van der Waals surface area contributed by atoms with E-state index in [4.69, 9.17) is 0 Å². The van der Waals surface area contributed by atoms with Crippen LogP contribution in [0.4, 0.5) is 0 Å². The first-order valence-electron chi connectivity index (χ1n) is 6.86. The third-order valence-corrected chi connectivity index (χ3v) is 4.50. The second-order valence-electron chi connectivity index (χ2n) is 5.39. The molecule has 2 atom stereocenters. The fourth-order valence-electron chi connectivity index (χ4n) is 3.37. The van der Waals surface area contributed by atoms with Crippen molar-refractivity contribution in [2.45, 2.75) is 69.6 Å². The molecule has 0 saturated carbocycles. The van der Waals surface area contributed by atoms with Crippen LogP contribution in [0.15, 0.2) is 0 Å². The van der Waals surface area contributed by atoms with Gasteiger partial charge in [-0.25, -0.2) is 0 Å². The van der Waals surface area contributed by atoms with E-state index in [0.29, 0.717) is 12.1 Å². The predicted octanol–water partition coefficient (Wildman–Crippen LogP) is 2.46. The van der Waals surface area contributed by atoms with Crippen molar-refractivity contribution in [1.29, 1.82) is 0 Å². The van der Waals surface area contributed by atoms with Gasteiger partial charge in [0.2, 0.25) is 0 Å². The number of hydrogen-bond acceptors (Lipinski definition) is 3. The summed E-state index contributed by atoms with van der Waals surface area (Å²) in [5.74, 6) is 1.03. The van der Waals surface area contributed by atoms with Crippen LogP contribution in [-0.4, -0.2) is 40.5 Å². The molecule has 0 aliphatic carbocycles. The third kappa shape index (κ3) is 3.14. The molecule has 0 aromatic rings. The Balaban J connectivity index is 1.66. The summed E-state index contributed by atoms with van der Waals surface area (Å²) in [6.07, 6.45) is 9.93. The average molecular weight is 243 g/mol. The molecule has 0 aromatic heterocycles. The number of fused-ring (bicyclic) bond motifs is 2. The van der Waals surface area contributed by atoms with E-state index >= 15 is 0 Å². The number of aliphatic hydroxyl groups excluding tert-OH is 1. The van der Waals surface area contributed by atoms with Crippen molar-refractivity contribution in [3.05, 3.63) is 0 Å². The van der Waals surface area contributed by atoms with E-state index < -0.39 is 0 Å². The summed E-state index contributed by atoms with van der Waals surface area (Å²) in [7, 11) is 0. The van der Waals surface area contributed by atoms with Crippen LogP contribution in [0.2, 0.25) is 0 Å². The van der Waals surface area contributed by atoms with Gasteiger partial charge in [0, 0.05) is 12.1 Å². The molecule has 3 heteroatoms. The largest absolute Gasteiger partial charge is 0.393 e. The summed E-state index contributed by atoms with van der Waals surface area (Å²) in [6.45, 7) is 1.26. The molecule has 2 rings (SSSR count). The van der Waals surface area contributed by atoms with Gasteiger partial charge in [-0.15, -0.1) is 0 Å². The van der Waals surface area contributed by atoms with E-state index in [-0.39, 0.29) is 6.10 Å². The fraction of sp³-hybridized carbons (Fsp3) is 1.00. The maximum atomic E-state index is 9.71. The second kappa shape index (κ2) is 6.27. The number of piperidine rings is 1. The molecule has 2 bridgehead atoms. The summed E-state index contributed by atoms with van der Waals surface area (Å²) < 4.78 is 0. The number of aliphatic hydroxyl groups is 1. The van der Waals surface area contributed by atoms with E-state index in [9.17, 15) is 5.11 Å². The Bertz CT molecular complexity index is 198. The number of thiol groups is 1. The van der Waals surface area contributed by atoms with Crippen LogP contribution in [0.25, 0.3) is 0 Å². The molecule has 0 aromatic carbocycles. The molecule has 0 spiro atoms. The number of nitrogens with zero attached hydrogens (tertiary/aromatic N) is 1. The zero-order chi connectivity index (χ0) is 11.4. The lowest BCUT2D eigenvalue weighted by Crippen LogP contribution is -2.44. The molecule has 2 saturated heterocycles. The number of rotatable bonds is 6. The van der Waals surface area contributed by atoms with Crippen molar-refractivity contribution in [1.82, 2.24) is 4.90 Å². The standard InChI is InChI=1S/C13H25NOS/c15-13-9-11-5-6-12(10-13)14(11)7-3-1-2-4-8-16/h11-13,15-16H,1-10H2. The zero-order valence-corrected chi connectivity index (χ0v) is 11.0. The molecule has 2 unspecified atom stereocenters. The van der Waals surface area contributed by atoms with Gasteiger partial charge in [-0.3, -0.25) is 4.90 Å². The maximum absolute atomic E-state index is 9.71.